The lowest BCUT2D eigenvalue weighted by Crippen LogP contribution is -2.41. The third-order valence-corrected chi connectivity index (χ3v) is 7.08. The minimum absolute atomic E-state index is 0.0904. The first-order valence-electron chi connectivity index (χ1n) is 9.94. The van der Waals surface area contributed by atoms with Gasteiger partial charge in [0.2, 0.25) is 5.91 Å². The van der Waals surface area contributed by atoms with E-state index in [1.807, 2.05) is 44.2 Å². The Morgan fingerprint density at radius 2 is 1.58 bits per heavy atom. The zero-order chi connectivity index (χ0) is 22.4. The quantitative estimate of drug-likeness (QED) is 0.531. The van der Waals surface area contributed by atoms with Gasteiger partial charge in [-0.2, -0.15) is 0 Å². The number of nitrogens with one attached hydrogen (secondary N) is 1. The first-order chi connectivity index (χ1) is 14.8. The molecule has 0 saturated carbocycles. The molecule has 0 fully saturated rings. The van der Waals surface area contributed by atoms with Crippen LogP contribution in [0.5, 0.6) is 0 Å². The number of anilines is 1. The number of carbonyl (C=O) groups excluding carboxylic acids is 1. The zero-order valence-electron chi connectivity index (χ0n) is 17.5. The average Bonchev–Trinajstić information content (AvgIpc) is 2.77. The van der Waals surface area contributed by atoms with Crippen LogP contribution in [-0.2, 0) is 14.8 Å². The molecule has 0 radical (unpaired) electrons. The number of carbonyl (C=O) groups is 1. The van der Waals surface area contributed by atoms with Crippen molar-refractivity contribution in [3.8, 4) is 0 Å². The van der Waals surface area contributed by atoms with Crippen molar-refractivity contribution in [2.45, 2.75) is 24.7 Å². The van der Waals surface area contributed by atoms with Crippen LogP contribution in [0.4, 0.5) is 5.69 Å². The van der Waals surface area contributed by atoms with Crippen molar-refractivity contribution in [1.29, 1.82) is 0 Å². The largest absolute Gasteiger partial charge is 0.354 e. The van der Waals surface area contributed by atoms with Gasteiger partial charge in [0.15, 0.2) is 0 Å². The summed E-state index contributed by atoms with van der Waals surface area (Å²) in [5.41, 5.74) is 2.30. The van der Waals surface area contributed by atoms with Gasteiger partial charge in [-0.3, -0.25) is 9.10 Å². The van der Waals surface area contributed by atoms with E-state index in [2.05, 4.69) is 5.32 Å². The molecular formula is C24H25ClN2O3S. The van der Waals surface area contributed by atoms with Crippen molar-refractivity contribution >= 4 is 33.2 Å². The number of nitrogens with zero attached hydrogens (tertiary/aromatic N) is 1. The Morgan fingerprint density at radius 3 is 2.23 bits per heavy atom. The molecule has 1 atom stereocenters. The minimum Gasteiger partial charge on any atom is -0.354 e. The highest BCUT2D eigenvalue weighted by atomic mass is 35.5. The highest BCUT2D eigenvalue weighted by Crippen LogP contribution is 2.30. The first kappa shape index (κ1) is 22.8. The molecule has 0 aromatic heterocycles. The molecule has 0 aliphatic heterocycles. The van der Waals surface area contributed by atoms with Crippen LogP contribution in [0.15, 0.2) is 83.8 Å². The molecule has 0 saturated heterocycles. The van der Waals surface area contributed by atoms with E-state index in [0.717, 1.165) is 15.4 Å². The lowest BCUT2D eigenvalue weighted by atomic mass is 10.0. The summed E-state index contributed by atoms with van der Waals surface area (Å²) in [6.45, 7) is 3.90. The van der Waals surface area contributed by atoms with Gasteiger partial charge in [0.25, 0.3) is 10.0 Å². The summed E-state index contributed by atoms with van der Waals surface area (Å²) in [6.07, 6.45) is 0. The van der Waals surface area contributed by atoms with Crippen LogP contribution >= 0.6 is 11.6 Å². The van der Waals surface area contributed by atoms with E-state index in [1.165, 1.54) is 12.1 Å². The summed E-state index contributed by atoms with van der Waals surface area (Å²) >= 11 is 6.29. The molecule has 1 unspecified atom stereocenters. The third-order valence-electron chi connectivity index (χ3n) is 4.99. The predicted molar refractivity (Wildman–Crippen MR) is 125 cm³/mol. The van der Waals surface area contributed by atoms with E-state index in [-0.39, 0.29) is 28.1 Å². The number of hydrogen-bond acceptors (Lipinski definition) is 3. The summed E-state index contributed by atoms with van der Waals surface area (Å²) < 4.78 is 27.8. The number of sulfonamides is 1. The molecule has 0 bridgehead atoms. The molecule has 31 heavy (non-hydrogen) atoms. The normalized spacial score (nSPS) is 12.2. The highest BCUT2D eigenvalue weighted by molar-refractivity contribution is 7.92. The summed E-state index contributed by atoms with van der Waals surface area (Å²) in [7, 11) is -3.99. The van der Waals surface area contributed by atoms with Crippen molar-refractivity contribution in [2.75, 3.05) is 17.4 Å². The molecule has 162 valence electrons. The standard InChI is InChI=1S/C24H25ClN2O3S/c1-18-12-14-21(15-13-18)31(29,30)27(23-11-7-6-10-22(23)25)17-24(28)26-16-19(2)20-8-4-3-5-9-20/h3-15,19H,16-17H2,1-2H3,(H,26,28). The van der Waals surface area contributed by atoms with Crippen LogP contribution in [0, 0.1) is 6.92 Å². The van der Waals surface area contributed by atoms with E-state index < -0.39 is 15.9 Å². The molecule has 7 heteroatoms. The van der Waals surface area contributed by atoms with Crippen LogP contribution in [0.3, 0.4) is 0 Å². The maximum atomic E-state index is 13.4. The molecule has 0 aliphatic rings. The number of hydrogen-bond donors (Lipinski definition) is 1. The van der Waals surface area contributed by atoms with Crippen molar-refractivity contribution in [3.63, 3.8) is 0 Å². The van der Waals surface area contributed by atoms with Gasteiger partial charge in [0.1, 0.15) is 6.54 Å². The van der Waals surface area contributed by atoms with E-state index in [1.54, 1.807) is 36.4 Å². The SMILES string of the molecule is Cc1ccc(S(=O)(=O)N(CC(=O)NCC(C)c2ccccc2)c2ccccc2Cl)cc1. The number of halogens is 1. The first-order valence-corrected chi connectivity index (χ1v) is 11.8. The Hall–Kier alpha value is -2.83. The molecule has 0 heterocycles. The van der Waals surface area contributed by atoms with Gasteiger partial charge in [-0.1, -0.05) is 78.7 Å². The van der Waals surface area contributed by atoms with Gasteiger partial charge >= 0.3 is 0 Å². The second kappa shape index (κ2) is 9.98. The summed E-state index contributed by atoms with van der Waals surface area (Å²) in [5, 5.41) is 3.10. The molecule has 3 aromatic rings. The molecule has 5 nitrogen and oxygen atoms in total. The Morgan fingerprint density at radius 1 is 0.968 bits per heavy atom. The third kappa shape index (κ3) is 5.66. The maximum absolute atomic E-state index is 13.4. The Kier molecular flexibility index (Phi) is 7.36. The van der Waals surface area contributed by atoms with Crippen LogP contribution in [0.1, 0.15) is 24.0 Å². The molecule has 0 aliphatic carbocycles. The predicted octanol–water partition coefficient (Wildman–Crippen LogP) is 4.76. The van der Waals surface area contributed by atoms with E-state index in [9.17, 15) is 13.2 Å². The van der Waals surface area contributed by atoms with E-state index in [0.29, 0.717) is 6.54 Å². The van der Waals surface area contributed by atoms with Crippen LogP contribution < -0.4 is 9.62 Å². The molecule has 3 rings (SSSR count). The summed E-state index contributed by atoms with van der Waals surface area (Å²) in [5.74, 6) is -0.314. The number of rotatable bonds is 8. The number of amides is 1. The van der Waals surface area contributed by atoms with Gasteiger partial charge in [-0.25, -0.2) is 8.42 Å². The number of para-hydroxylation sites is 1. The maximum Gasteiger partial charge on any atom is 0.264 e. The number of aryl methyl sites for hydroxylation is 1. The molecular weight excluding hydrogens is 432 g/mol. The van der Waals surface area contributed by atoms with Crippen LogP contribution in [0.25, 0.3) is 0 Å². The summed E-state index contributed by atoms with van der Waals surface area (Å²) in [4.78, 5) is 12.8. The van der Waals surface area contributed by atoms with E-state index >= 15 is 0 Å². The fraction of sp³-hybridized carbons (Fsp3) is 0.208. The van der Waals surface area contributed by atoms with Gasteiger partial charge in [-0.05, 0) is 42.7 Å². The lowest BCUT2D eigenvalue weighted by molar-refractivity contribution is -0.119. The van der Waals surface area contributed by atoms with Crippen molar-refractivity contribution in [2.24, 2.45) is 0 Å². The van der Waals surface area contributed by atoms with E-state index in [4.69, 9.17) is 11.6 Å². The Bertz CT molecular complexity index is 1130. The number of benzene rings is 3. The summed E-state index contributed by atoms with van der Waals surface area (Å²) in [6, 6.07) is 22.9. The zero-order valence-corrected chi connectivity index (χ0v) is 19.0. The van der Waals surface area contributed by atoms with Crippen LogP contribution in [-0.4, -0.2) is 27.4 Å². The molecule has 1 N–H and O–H groups in total. The van der Waals surface area contributed by atoms with Crippen LogP contribution in [0.2, 0.25) is 5.02 Å². The lowest BCUT2D eigenvalue weighted by Gasteiger charge is -2.25. The Labute approximate surface area is 188 Å². The van der Waals surface area contributed by atoms with Crippen molar-refractivity contribution in [3.05, 3.63) is 95.0 Å². The smallest absolute Gasteiger partial charge is 0.264 e. The molecule has 0 spiro atoms. The molecule has 1 amide bonds. The van der Waals surface area contributed by atoms with Gasteiger partial charge in [-0.15, -0.1) is 0 Å². The minimum atomic E-state index is -3.99. The monoisotopic (exact) mass is 456 g/mol. The topological polar surface area (TPSA) is 66.5 Å². The van der Waals surface area contributed by atoms with Gasteiger partial charge in [0.05, 0.1) is 15.6 Å². The average molecular weight is 457 g/mol. The van der Waals surface area contributed by atoms with Crippen molar-refractivity contribution in [1.82, 2.24) is 5.32 Å². The Balaban J connectivity index is 1.83. The highest BCUT2D eigenvalue weighted by Gasteiger charge is 2.28. The molecule has 3 aromatic carbocycles. The second-order valence-corrected chi connectivity index (χ2v) is 9.66. The van der Waals surface area contributed by atoms with Gasteiger partial charge in [0, 0.05) is 6.54 Å². The van der Waals surface area contributed by atoms with Gasteiger partial charge < -0.3 is 5.32 Å². The fourth-order valence-electron chi connectivity index (χ4n) is 3.14. The second-order valence-electron chi connectivity index (χ2n) is 7.39. The van der Waals surface area contributed by atoms with Crippen molar-refractivity contribution < 1.29 is 13.2 Å². The fourth-order valence-corrected chi connectivity index (χ4v) is 4.87.